The number of rotatable bonds is 3. The first kappa shape index (κ1) is 25.4. The second-order valence-electron chi connectivity index (χ2n) is 8.72. The first-order chi connectivity index (χ1) is 14.4. The Hall–Kier alpha value is -0.225. The Kier molecular flexibility index (Phi) is 7.83. The molecule has 11 atom stereocenters. The summed E-state index contributed by atoms with van der Waals surface area (Å²) in [6.07, 6.45) is -33.9. The van der Waals surface area contributed by atoms with Crippen molar-refractivity contribution >= 4 is 22.6 Å². The zero-order chi connectivity index (χ0) is 23.4. The molecule has 3 rings (SSSR count). The number of hydrogen-bond acceptors (Lipinski definition) is 0. The lowest BCUT2D eigenvalue weighted by Crippen LogP contribution is -2.63. The van der Waals surface area contributed by atoms with Gasteiger partial charge in [-0.1, -0.05) is 15.9 Å². The maximum absolute atomic E-state index is 14.9. The zero-order valence-corrected chi connectivity index (χ0v) is 17.5. The number of alkyl halides is 12. The molecule has 0 aromatic rings. The van der Waals surface area contributed by atoms with Gasteiger partial charge in [-0.05, 0) is 25.1 Å². The second-order valence-corrected chi connectivity index (χ2v) is 9.89. The molecule has 3 aliphatic carbocycles. The summed E-state index contributed by atoms with van der Waals surface area (Å²) in [5.41, 5.74) is 0. The van der Waals surface area contributed by atoms with E-state index >= 15 is 0 Å². The predicted molar refractivity (Wildman–Crippen MR) is 97.4 cm³/mol. The van der Waals surface area contributed by atoms with Crippen LogP contribution in [0, 0.1) is 0 Å². The summed E-state index contributed by atoms with van der Waals surface area (Å²) in [4.78, 5) is -1.00. The molecule has 0 radical (unpaired) electrons. The molecule has 0 amide bonds. The average Bonchev–Trinajstić information content (AvgIpc) is 2.73. The molecule has 0 spiro atoms. The van der Waals surface area contributed by atoms with Gasteiger partial charge in [0.2, 0.25) is 0 Å². The Morgan fingerprint density at radius 1 is 0.452 bits per heavy atom. The van der Waals surface area contributed by atoms with E-state index in [1.54, 1.807) is 0 Å². The van der Waals surface area contributed by atoms with Crippen LogP contribution in [0.2, 0.25) is 17.5 Å². The maximum atomic E-state index is 14.9. The summed E-state index contributed by atoms with van der Waals surface area (Å²) in [7, 11) is 0. The quantitative estimate of drug-likeness (QED) is 0.226. The SMILES string of the molecule is FC1[C@@H](F)[C@@H](F)C(B(C2[C@H](F)CCC[C@H]2Br)C2[C@H](F)[C@H](F)C(F)[C@@H](F)[C@H]2F)[C@H](F)[C@@H]1F. The normalized spacial score (nSPS) is 56.3. The Balaban J connectivity index is 2.11. The lowest BCUT2D eigenvalue weighted by Gasteiger charge is -2.50. The van der Waals surface area contributed by atoms with Crippen molar-refractivity contribution in [1.29, 1.82) is 0 Å². The van der Waals surface area contributed by atoms with Gasteiger partial charge >= 0.3 is 0 Å². The van der Waals surface area contributed by atoms with Crippen LogP contribution in [0.5, 0.6) is 0 Å². The minimum atomic E-state index is -3.24. The molecule has 0 bridgehead atoms. The van der Waals surface area contributed by atoms with E-state index in [-0.39, 0.29) is 19.3 Å². The summed E-state index contributed by atoms with van der Waals surface area (Å²) in [5, 5.41) is 0. The van der Waals surface area contributed by atoms with Crippen molar-refractivity contribution in [1.82, 2.24) is 0 Å². The molecule has 31 heavy (non-hydrogen) atoms. The summed E-state index contributed by atoms with van der Waals surface area (Å²) in [6.45, 7) is -2.30. The Bertz CT molecular complexity index is 539. The van der Waals surface area contributed by atoms with E-state index in [1.165, 1.54) is 0 Å². The van der Waals surface area contributed by atoms with Crippen LogP contribution in [0.25, 0.3) is 0 Å². The monoisotopic (exact) mass is 536 g/mol. The Morgan fingerprint density at radius 3 is 1.10 bits per heavy atom. The van der Waals surface area contributed by atoms with E-state index in [0.29, 0.717) is 0 Å². The van der Waals surface area contributed by atoms with Crippen LogP contribution in [-0.4, -0.2) is 79.4 Å². The summed E-state index contributed by atoms with van der Waals surface area (Å²) in [6, 6.07) is 0. The molecule has 0 aliphatic heterocycles. The molecule has 0 nitrogen and oxygen atoms in total. The molecule has 0 aromatic heterocycles. The molecule has 13 heteroatoms. The fourth-order valence-corrected chi connectivity index (χ4v) is 6.48. The molecule has 3 saturated carbocycles. The lowest BCUT2D eigenvalue weighted by molar-refractivity contribution is -0.0625. The van der Waals surface area contributed by atoms with E-state index in [4.69, 9.17) is 0 Å². The molecule has 0 heterocycles. The van der Waals surface area contributed by atoms with Crippen molar-refractivity contribution < 1.29 is 48.3 Å². The first-order valence-corrected chi connectivity index (χ1v) is 11.0. The number of halogens is 12. The van der Waals surface area contributed by atoms with Gasteiger partial charge in [-0.15, -0.1) is 0 Å². The summed E-state index contributed by atoms with van der Waals surface area (Å²) < 4.78 is 158. The van der Waals surface area contributed by atoms with Crippen molar-refractivity contribution in [2.24, 2.45) is 0 Å². The molecule has 180 valence electrons. The largest absolute Gasteiger partial charge is 0.248 e. The van der Waals surface area contributed by atoms with Crippen LogP contribution in [0.1, 0.15) is 19.3 Å². The van der Waals surface area contributed by atoms with Crippen LogP contribution >= 0.6 is 15.9 Å². The van der Waals surface area contributed by atoms with Crippen molar-refractivity contribution in [3.05, 3.63) is 0 Å². The van der Waals surface area contributed by atoms with Gasteiger partial charge in [0.25, 0.3) is 0 Å². The van der Waals surface area contributed by atoms with Crippen LogP contribution < -0.4 is 0 Å². The van der Waals surface area contributed by atoms with Crippen LogP contribution in [0.3, 0.4) is 0 Å². The smallest absolute Gasteiger partial charge is 0.169 e. The van der Waals surface area contributed by atoms with Gasteiger partial charge in [0.15, 0.2) is 43.7 Å². The summed E-state index contributed by atoms with van der Waals surface area (Å²) in [5.74, 6) is -6.95. The van der Waals surface area contributed by atoms with E-state index in [0.717, 1.165) is 0 Å². The third-order valence-corrected chi connectivity index (χ3v) is 8.10. The van der Waals surface area contributed by atoms with Gasteiger partial charge in [0.05, 0.1) is 6.17 Å². The zero-order valence-electron chi connectivity index (χ0n) is 15.9. The Morgan fingerprint density at radius 2 is 0.774 bits per heavy atom. The fraction of sp³-hybridized carbons (Fsp3) is 1.00. The van der Waals surface area contributed by atoms with Crippen molar-refractivity contribution in [2.75, 3.05) is 0 Å². The van der Waals surface area contributed by atoms with Crippen LogP contribution in [0.15, 0.2) is 0 Å². The van der Waals surface area contributed by atoms with Crippen LogP contribution in [0.4, 0.5) is 48.3 Å². The standard InChI is InChI=1S/C18H21BBrF11/c20-4-2-1-3-5(21)6(4)19(7-9(22)13(26)17(30)14(27)10(7)23)8-11(24)15(28)18(31)16(29)12(8)25/h4-18H,1-3H2/t4-,5-,6?,7?,8?,9+,10+,11+,12+,13+,14+,15+,16+,17?,18?/m1/s1. The van der Waals surface area contributed by atoms with Crippen molar-refractivity contribution in [3.63, 3.8) is 0 Å². The molecule has 1 unspecified atom stereocenters. The van der Waals surface area contributed by atoms with E-state index in [2.05, 4.69) is 15.9 Å². The first-order valence-electron chi connectivity index (χ1n) is 10.1. The minimum absolute atomic E-state index is 0.135. The van der Waals surface area contributed by atoms with Gasteiger partial charge in [-0.25, -0.2) is 48.3 Å². The third-order valence-electron chi connectivity index (χ3n) is 7.03. The summed E-state index contributed by atoms with van der Waals surface area (Å²) >= 11 is 3.04. The van der Waals surface area contributed by atoms with Gasteiger partial charge < -0.3 is 0 Å². The van der Waals surface area contributed by atoms with Crippen molar-refractivity contribution in [2.45, 2.75) is 109 Å². The molecule has 3 aliphatic rings. The van der Waals surface area contributed by atoms with E-state index in [9.17, 15) is 48.3 Å². The average molecular weight is 537 g/mol. The highest BCUT2D eigenvalue weighted by atomic mass is 79.9. The molecular formula is C18H21BBrF11. The van der Waals surface area contributed by atoms with Crippen molar-refractivity contribution in [3.8, 4) is 0 Å². The van der Waals surface area contributed by atoms with E-state index in [1.807, 2.05) is 0 Å². The highest BCUT2D eigenvalue weighted by Crippen LogP contribution is 2.56. The maximum Gasteiger partial charge on any atom is 0.169 e. The molecular weight excluding hydrogens is 516 g/mol. The predicted octanol–water partition coefficient (Wildman–Crippen LogP) is 6.29. The van der Waals surface area contributed by atoms with E-state index < -0.39 is 96.9 Å². The molecule has 0 N–H and O–H groups in total. The molecule has 0 aromatic carbocycles. The number of hydrogen-bond donors (Lipinski definition) is 0. The third kappa shape index (κ3) is 4.22. The highest BCUT2D eigenvalue weighted by molar-refractivity contribution is 9.09. The highest BCUT2D eigenvalue weighted by Gasteiger charge is 2.66. The molecule has 0 saturated heterocycles. The second kappa shape index (κ2) is 9.56. The molecule has 3 fully saturated rings. The fourth-order valence-electron chi connectivity index (χ4n) is 5.47. The minimum Gasteiger partial charge on any atom is -0.248 e. The van der Waals surface area contributed by atoms with Gasteiger partial charge in [-0.3, -0.25) is 0 Å². The van der Waals surface area contributed by atoms with Gasteiger partial charge in [0.1, 0.15) is 24.7 Å². The topological polar surface area (TPSA) is 0 Å². The van der Waals surface area contributed by atoms with Crippen LogP contribution in [-0.2, 0) is 0 Å². The lowest BCUT2D eigenvalue weighted by atomic mass is 9.22. The van der Waals surface area contributed by atoms with Gasteiger partial charge in [0, 0.05) is 16.5 Å². The van der Waals surface area contributed by atoms with Gasteiger partial charge in [-0.2, -0.15) is 0 Å². The Labute approximate surface area is 180 Å².